The zero-order valence-corrected chi connectivity index (χ0v) is 59.1. The summed E-state index contributed by atoms with van der Waals surface area (Å²) in [5, 5.41) is 104. The summed E-state index contributed by atoms with van der Waals surface area (Å²) in [6, 6.07) is -5.18. The number of rotatable bonds is 43. The van der Waals surface area contributed by atoms with Gasteiger partial charge >= 0.3 is 59.8 Å². The summed E-state index contributed by atoms with van der Waals surface area (Å²) in [4.78, 5) is 205. The van der Waals surface area contributed by atoms with E-state index in [1.54, 1.807) is 41.5 Å². The Balaban J connectivity index is 2.15. The van der Waals surface area contributed by atoms with Gasteiger partial charge in [-0.15, -0.1) is 0 Å². The molecule has 0 bridgehead atoms. The number of urea groups is 1. The topological polar surface area (TPSA) is 564 Å². The van der Waals surface area contributed by atoms with Crippen molar-refractivity contribution < 1.29 is 127 Å². The van der Waals surface area contributed by atoms with Gasteiger partial charge in [0.05, 0.1) is 19.6 Å². The smallest absolute Gasteiger partial charge is 0.326 e. The number of aliphatic carboxylic acids is 9. The summed E-state index contributed by atoms with van der Waals surface area (Å²) in [5.41, 5.74) is 0.0380. The van der Waals surface area contributed by atoms with E-state index in [-0.39, 0.29) is 116 Å². The monoisotopic (exact) mass is 1470 g/mol. The first kappa shape index (κ1) is 88.6. The van der Waals surface area contributed by atoms with Gasteiger partial charge in [-0.3, -0.25) is 72.3 Å². The third-order valence-corrected chi connectivity index (χ3v) is 21.9. The van der Waals surface area contributed by atoms with E-state index in [0.29, 0.717) is 5.19 Å². The maximum Gasteiger partial charge on any atom is 0.326 e. The normalized spacial score (nSPS) is 15.6. The van der Waals surface area contributed by atoms with Crippen LogP contribution in [0.15, 0.2) is 24.3 Å². The molecule has 572 valence electrons. The van der Waals surface area contributed by atoms with Gasteiger partial charge in [0.1, 0.15) is 36.3 Å². The number of amides is 8. The Kier molecular flexibility index (Phi) is 37.7. The summed E-state index contributed by atoms with van der Waals surface area (Å²) >= 11 is 0. The molecule has 0 spiro atoms. The van der Waals surface area contributed by atoms with Gasteiger partial charge in [0.25, 0.3) is 14.3 Å². The molecule has 1 aliphatic rings. The molecule has 1 saturated heterocycles. The molecule has 0 saturated carbocycles. The van der Waals surface area contributed by atoms with Crippen LogP contribution in [-0.2, 0) is 67.1 Å². The molecule has 1 fully saturated rings. The minimum atomic E-state index is -3.77. The number of carboxylic acid groups (broad SMARTS) is 9. The first-order valence-electron chi connectivity index (χ1n) is 33.0. The summed E-state index contributed by atoms with van der Waals surface area (Å²) in [5.74, 6) is -17.5. The lowest BCUT2D eigenvalue weighted by Gasteiger charge is -2.44. The van der Waals surface area contributed by atoms with Crippen molar-refractivity contribution >= 4 is 109 Å². The molecular formula is C63H99FN12O25Si. The van der Waals surface area contributed by atoms with Crippen molar-refractivity contribution in [2.45, 2.75) is 171 Å². The number of carbonyl (C=O) groups is 16. The number of hydrogen-bond donors (Lipinski definition) is 17. The first-order chi connectivity index (χ1) is 47.5. The minimum Gasteiger partial charge on any atom is -0.481 e. The Bertz CT molecular complexity index is 3050. The van der Waals surface area contributed by atoms with Crippen molar-refractivity contribution in [1.29, 1.82) is 0 Å². The SMILES string of the molecule is CC(C)(C)[Si](F)(c1ccc(C(=O)NC[C@@H](NC(=O)CC[C@H](C(=O)O)N2CCN(CC(=O)O)CCN(CC(=O)O)CCN(CC(=O)O)CC2)C(=O)N[C@@H](CCCCNC(=O)CCC(=O)NCCC[C@H](NC(=O)CC[C@H](NC(=O)N[C@@H](CCC(=O)O)C(=O)O)C(=O)O)C(=O)O)C(=O)O)cc1)C(C)(C)C. The molecule has 39 heteroatoms. The molecule has 0 aliphatic carbocycles. The zero-order valence-electron chi connectivity index (χ0n) is 58.1. The molecule has 1 heterocycles. The highest BCUT2D eigenvalue weighted by atomic mass is 28.4. The van der Waals surface area contributed by atoms with Crippen LogP contribution in [0.1, 0.15) is 135 Å². The van der Waals surface area contributed by atoms with Crippen LogP contribution in [0.5, 0.6) is 0 Å². The number of carboxylic acids is 9. The average molecular weight is 1470 g/mol. The molecule has 6 atom stereocenters. The second kappa shape index (κ2) is 43.4. The van der Waals surface area contributed by atoms with E-state index >= 15 is 4.11 Å². The van der Waals surface area contributed by atoms with Gasteiger partial charge in [-0.05, 0) is 78.8 Å². The summed E-state index contributed by atoms with van der Waals surface area (Å²) < 4.78 is 17.1. The van der Waals surface area contributed by atoms with Crippen LogP contribution < -0.4 is 47.7 Å². The van der Waals surface area contributed by atoms with Crippen molar-refractivity contribution in [1.82, 2.24) is 62.1 Å². The lowest BCUT2D eigenvalue weighted by atomic mass is 10.1. The lowest BCUT2D eigenvalue weighted by molar-refractivity contribution is -0.145. The van der Waals surface area contributed by atoms with E-state index in [4.69, 9.17) is 5.11 Å². The Labute approximate surface area is 588 Å². The summed E-state index contributed by atoms with van der Waals surface area (Å²) in [7, 11) is -3.77. The van der Waals surface area contributed by atoms with Crippen LogP contribution in [0.2, 0.25) is 10.1 Å². The van der Waals surface area contributed by atoms with Crippen LogP contribution in [0.4, 0.5) is 8.90 Å². The number of benzene rings is 1. The Hall–Kier alpha value is -9.47. The summed E-state index contributed by atoms with van der Waals surface area (Å²) in [6.07, 6.45) is -4.25. The van der Waals surface area contributed by atoms with Crippen molar-refractivity contribution in [3.63, 3.8) is 0 Å². The largest absolute Gasteiger partial charge is 0.481 e. The third-order valence-electron chi connectivity index (χ3n) is 16.6. The first-order valence-corrected chi connectivity index (χ1v) is 34.9. The van der Waals surface area contributed by atoms with E-state index in [2.05, 4.69) is 31.9 Å². The minimum absolute atomic E-state index is 0.00207. The van der Waals surface area contributed by atoms with E-state index in [0.717, 1.165) is 0 Å². The lowest BCUT2D eigenvalue weighted by Crippen LogP contribution is -2.58. The second-order valence-electron chi connectivity index (χ2n) is 26.6. The van der Waals surface area contributed by atoms with Crippen LogP contribution in [0.3, 0.4) is 0 Å². The van der Waals surface area contributed by atoms with Crippen LogP contribution >= 0.6 is 0 Å². The number of nitrogens with zero attached hydrogens (tertiary/aromatic N) is 4. The molecule has 1 aromatic carbocycles. The van der Waals surface area contributed by atoms with Crippen LogP contribution in [-0.4, -0.2) is 297 Å². The molecule has 2 rings (SSSR count). The zero-order chi connectivity index (χ0) is 77.2. The fourth-order valence-electron chi connectivity index (χ4n) is 11.4. The fourth-order valence-corrected chi connectivity index (χ4v) is 16.0. The fraction of sp³-hybridized carbons (Fsp3) is 0.651. The highest BCUT2D eigenvalue weighted by Gasteiger charge is 2.56. The Morgan fingerprint density at radius 1 is 0.412 bits per heavy atom. The number of unbranched alkanes of at least 4 members (excludes halogenated alkanes) is 1. The van der Waals surface area contributed by atoms with Crippen molar-refractivity contribution in [3.8, 4) is 0 Å². The van der Waals surface area contributed by atoms with Gasteiger partial charge in [0, 0.05) is 110 Å². The predicted octanol–water partition coefficient (Wildman–Crippen LogP) is -1.72. The quantitative estimate of drug-likeness (QED) is 0.0197. The molecule has 102 heavy (non-hydrogen) atoms. The van der Waals surface area contributed by atoms with E-state index in [1.807, 2.05) is 10.6 Å². The maximum absolute atomic E-state index is 17.1. The molecule has 8 amide bonds. The van der Waals surface area contributed by atoms with Crippen molar-refractivity contribution in [3.05, 3.63) is 29.8 Å². The number of nitrogens with one attached hydrogen (secondary N) is 8. The molecule has 1 aliphatic heterocycles. The molecule has 37 nitrogen and oxygen atoms in total. The Morgan fingerprint density at radius 2 is 0.794 bits per heavy atom. The maximum atomic E-state index is 17.1. The molecule has 1 aromatic rings. The van der Waals surface area contributed by atoms with Crippen LogP contribution in [0.25, 0.3) is 0 Å². The van der Waals surface area contributed by atoms with Gasteiger partial charge in [-0.25, -0.2) is 24.0 Å². The van der Waals surface area contributed by atoms with E-state index in [9.17, 15) is 118 Å². The van der Waals surface area contributed by atoms with E-state index in [1.165, 1.54) is 43.9 Å². The standard InChI is InChI=1S/C63H99FN12O25Si/c1-62(2,3)102(64,63(4,5)6)39-14-12-38(13-15-39)54(89)67-34-44(69-49(80)20-18-45(60(99)100)76-32-30-74(36-52(85)86)28-26-73(35-51(83)84)27-29-75(31-33-76)37-53(87)88)55(90)70-41(57(93)94)10-7-8-24-65-46(77)21-22-47(78)66-25-9-11-40(56(91)92)68-48(79)19-16-42(58(95)96)71-61(101)72-43(59(97)98)17-23-50(81)82/h12-15,40-45H,7-11,16-37H2,1-6H3,(H,65,77)(H,66,78)(H,67,89)(H,68,79)(H,69,80)(H,70,90)(H,81,82)(H,83,84)(H,85,86)(H,87,88)(H,91,92)(H,93,94)(H,95,96)(H,97,98)(H,99,100)(H2,71,72,101)/t40-,41-,42-,43-,44+,45+/m0/s1. The van der Waals surface area contributed by atoms with Gasteiger partial charge in [0.2, 0.25) is 29.5 Å². The molecule has 0 radical (unpaired) electrons. The highest BCUT2D eigenvalue weighted by molar-refractivity contribution is 6.90. The number of hydrogen-bond acceptors (Lipinski definition) is 20. The van der Waals surface area contributed by atoms with Gasteiger partial charge < -0.3 is 92.6 Å². The third kappa shape index (κ3) is 32.9. The highest BCUT2D eigenvalue weighted by Crippen LogP contribution is 2.51. The van der Waals surface area contributed by atoms with Gasteiger partial charge in [0.15, 0.2) is 0 Å². The molecular weight excluding hydrogens is 1370 g/mol. The van der Waals surface area contributed by atoms with Crippen LogP contribution in [0, 0.1) is 0 Å². The van der Waals surface area contributed by atoms with Crippen molar-refractivity contribution in [2.24, 2.45) is 0 Å². The van der Waals surface area contributed by atoms with Crippen molar-refractivity contribution in [2.75, 3.05) is 91.6 Å². The number of halogens is 1. The van der Waals surface area contributed by atoms with Gasteiger partial charge in [-0.2, -0.15) is 0 Å². The predicted molar refractivity (Wildman–Crippen MR) is 359 cm³/mol. The average Bonchev–Trinajstić information content (AvgIpc) is 0.748. The molecule has 17 N–H and O–H groups in total. The second-order valence-corrected chi connectivity index (χ2v) is 31.5. The summed E-state index contributed by atoms with van der Waals surface area (Å²) in [6.45, 7) is 8.44. The van der Waals surface area contributed by atoms with Gasteiger partial charge in [-0.1, -0.05) is 53.7 Å². The molecule has 0 aromatic heterocycles. The number of carbonyl (C=O) groups excluding carboxylic acids is 7. The molecule has 0 unspecified atom stereocenters. The Morgan fingerprint density at radius 3 is 1.21 bits per heavy atom. The van der Waals surface area contributed by atoms with E-state index < -0.39 is 215 Å².